The van der Waals surface area contributed by atoms with Gasteiger partial charge in [-0.3, -0.25) is 4.79 Å². The summed E-state index contributed by atoms with van der Waals surface area (Å²) in [7, 11) is 1.83. The second kappa shape index (κ2) is 8.48. The first-order chi connectivity index (χ1) is 13.7. The van der Waals surface area contributed by atoms with Gasteiger partial charge in [0.15, 0.2) is 0 Å². The van der Waals surface area contributed by atoms with E-state index in [0.717, 1.165) is 10.9 Å². The summed E-state index contributed by atoms with van der Waals surface area (Å²) >= 11 is 1.75. The number of nitrogens with zero attached hydrogens (tertiary/aromatic N) is 1. The van der Waals surface area contributed by atoms with Gasteiger partial charge >= 0.3 is 0 Å². The monoisotopic (exact) mass is 395 g/mol. The van der Waals surface area contributed by atoms with Gasteiger partial charge < -0.3 is 14.9 Å². The zero-order valence-corrected chi connectivity index (χ0v) is 17.6. The molecule has 148 valence electrons. The van der Waals surface area contributed by atoms with Crippen molar-refractivity contribution >= 4 is 28.4 Å². The second-order valence-corrected chi connectivity index (χ2v) is 8.70. The maximum absolute atomic E-state index is 12.5. The number of hydrogen-bond acceptors (Lipinski definition) is 3. The lowest BCUT2D eigenvalue weighted by Crippen LogP contribution is -2.21. The van der Waals surface area contributed by atoms with Gasteiger partial charge in [-0.05, 0) is 43.4 Å². The highest BCUT2D eigenvalue weighted by atomic mass is 32.2. The minimum Gasteiger partial charge on any atom is -0.382 e. The van der Waals surface area contributed by atoms with Gasteiger partial charge in [0.05, 0.1) is 0 Å². The van der Waals surface area contributed by atoms with E-state index >= 15 is 0 Å². The van der Waals surface area contributed by atoms with Crippen LogP contribution in [0, 0.1) is 0 Å². The van der Waals surface area contributed by atoms with Crippen LogP contribution in [0.15, 0.2) is 46.3 Å². The largest absolute Gasteiger partial charge is 0.382 e. The van der Waals surface area contributed by atoms with Crippen molar-refractivity contribution in [3.05, 3.63) is 47.0 Å². The number of aromatic amines is 1. The molecular weight excluding hydrogens is 366 g/mol. The fraction of sp³-hybridized carbons (Fsp3) is 0.435. The zero-order chi connectivity index (χ0) is 19.5. The molecular formula is C23H29N3OS. The van der Waals surface area contributed by atoms with Gasteiger partial charge in [-0.2, -0.15) is 0 Å². The Kier molecular flexibility index (Phi) is 5.81. The summed E-state index contributed by atoms with van der Waals surface area (Å²) in [5, 5.41) is 4.84. The predicted octanol–water partition coefficient (Wildman–Crippen LogP) is 5.78. The Bertz CT molecular complexity index is 1010. The molecule has 2 aromatic heterocycles. The molecule has 0 bridgehead atoms. The molecule has 1 aliphatic carbocycles. The van der Waals surface area contributed by atoms with E-state index < -0.39 is 0 Å². The normalized spacial score (nSPS) is 16.1. The number of thioether (sulfide) groups is 1. The Hall–Kier alpha value is -2.14. The number of benzene rings is 1. The van der Waals surface area contributed by atoms with E-state index in [9.17, 15) is 4.79 Å². The quantitative estimate of drug-likeness (QED) is 0.551. The number of nitrogens with one attached hydrogen (secondary N) is 2. The first-order valence-electron chi connectivity index (χ1n) is 10.3. The highest BCUT2D eigenvalue weighted by Gasteiger charge is 2.17. The van der Waals surface area contributed by atoms with Gasteiger partial charge in [0.1, 0.15) is 5.52 Å². The van der Waals surface area contributed by atoms with Crippen LogP contribution in [0.5, 0.6) is 0 Å². The molecule has 1 aliphatic rings. The summed E-state index contributed by atoms with van der Waals surface area (Å²) in [6.07, 6.45) is 15.1. The van der Waals surface area contributed by atoms with Crippen LogP contribution in [0.3, 0.4) is 0 Å². The summed E-state index contributed by atoms with van der Waals surface area (Å²) in [6.45, 7) is 0. The number of pyridine rings is 1. The summed E-state index contributed by atoms with van der Waals surface area (Å²) < 4.78 is 1.68. The third-order valence-electron chi connectivity index (χ3n) is 5.88. The molecule has 1 fully saturated rings. The van der Waals surface area contributed by atoms with Crippen molar-refractivity contribution in [2.75, 3.05) is 11.6 Å². The zero-order valence-electron chi connectivity index (χ0n) is 16.8. The first kappa shape index (κ1) is 19.2. The topological polar surface area (TPSA) is 49.8 Å². The van der Waals surface area contributed by atoms with E-state index in [1.807, 2.05) is 25.5 Å². The van der Waals surface area contributed by atoms with Crippen LogP contribution in [-0.2, 0) is 7.05 Å². The van der Waals surface area contributed by atoms with Gasteiger partial charge in [0.25, 0.3) is 5.56 Å². The lowest BCUT2D eigenvalue weighted by Gasteiger charge is -2.24. The second-order valence-electron chi connectivity index (χ2n) is 7.82. The van der Waals surface area contributed by atoms with Crippen molar-refractivity contribution in [3.8, 4) is 11.1 Å². The number of anilines is 1. The number of aryl methyl sites for hydroxylation is 1. The van der Waals surface area contributed by atoms with E-state index in [1.54, 1.807) is 16.3 Å². The van der Waals surface area contributed by atoms with Crippen LogP contribution < -0.4 is 10.9 Å². The predicted molar refractivity (Wildman–Crippen MR) is 120 cm³/mol. The molecule has 0 aliphatic heterocycles. The molecule has 1 saturated carbocycles. The summed E-state index contributed by atoms with van der Waals surface area (Å²) in [6, 6.07) is 9.19. The van der Waals surface area contributed by atoms with Gasteiger partial charge in [0, 0.05) is 52.6 Å². The molecule has 3 aromatic rings. The van der Waals surface area contributed by atoms with Gasteiger partial charge in [0.2, 0.25) is 0 Å². The Labute approximate surface area is 170 Å². The number of H-pyrrole nitrogens is 1. The summed E-state index contributed by atoms with van der Waals surface area (Å²) in [4.78, 5) is 16.8. The standard InChI is InChI=1S/C23H29N3OS/c1-26-15-20(18-12-13-24-22(18)23(26)27)19-14-17(28-2)10-11-21(19)25-16-8-6-4-3-5-7-9-16/h10-16,24-25H,3-9H2,1-2H3. The molecule has 4 rings (SSSR count). The Morgan fingerprint density at radius 2 is 1.82 bits per heavy atom. The molecule has 0 amide bonds. The average Bonchev–Trinajstić information content (AvgIpc) is 3.17. The Morgan fingerprint density at radius 3 is 2.57 bits per heavy atom. The molecule has 5 heteroatoms. The summed E-state index contributed by atoms with van der Waals surface area (Å²) in [5.74, 6) is 0. The molecule has 0 saturated heterocycles. The summed E-state index contributed by atoms with van der Waals surface area (Å²) in [5.41, 5.74) is 4.13. The van der Waals surface area contributed by atoms with Crippen molar-refractivity contribution in [2.45, 2.75) is 55.9 Å². The van der Waals surface area contributed by atoms with Crippen molar-refractivity contribution in [1.82, 2.24) is 9.55 Å². The Balaban J connectivity index is 1.79. The highest BCUT2D eigenvalue weighted by Crippen LogP contribution is 2.36. The molecule has 0 unspecified atom stereocenters. The maximum atomic E-state index is 12.5. The third kappa shape index (κ3) is 3.86. The highest BCUT2D eigenvalue weighted by molar-refractivity contribution is 7.98. The van der Waals surface area contributed by atoms with Gasteiger partial charge in [-0.15, -0.1) is 11.8 Å². The van der Waals surface area contributed by atoms with Crippen LogP contribution in [0.1, 0.15) is 44.9 Å². The van der Waals surface area contributed by atoms with Crippen molar-refractivity contribution in [1.29, 1.82) is 0 Å². The minimum atomic E-state index is 0.0132. The molecule has 0 spiro atoms. The fourth-order valence-corrected chi connectivity index (χ4v) is 4.74. The number of hydrogen-bond donors (Lipinski definition) is 2. The van der Waals surface area contributed by atoms with E-state index in [-0.39, 0.29) is 5.56 Å². The molecule has 4 nitrogen and oxygen atoms in total. The van der Waals surface area contributed by atoms with Crippen LogP contribution in [0.4, 0.5) is 5.69 Å². The minimum absolute atomic E-state index is 0.0132. The van der Waals surface area contributed by atoms with Crippen LogP contribution in [0.2, 0.25) is 0 Å². The van der Waals surface area contributed by atoms with Crippen LogP contribution in [0.25, 0.3) is 22.0 Å². The molecule has 2 heterocycles. The average molecular weight is 396 g/mol. The molecule has 1 aromatic carbocycles. The number of aromatic nitrogens is 2. The molecule has 0 atom stereocenters. The van der Waals surface area contributed by atoms with E-state index in [0.29, 0.717) is 11.6 Å². The van der Waals surface area contributed by atoms with E-state index in [4.69, 9.17) is 0 Å². The molecule has 28 heavy (non-hydrogen) atoms. The van der Waals surface area contributed by atoms with Crippen molar-refractivity contribution in [3.63, 3.8) is 0 Å². The van der Waals surface area contributed by atoms with Gasteiger partial charge in [-0.1, -0.05) is 32.1 Å². The lowest BCUT2D eigenvalue weighted by molar-refractivity contribution is 0.471. The maximum Gasteiger partial charge on any atom is 0.274 e. The molecule has 0 radical (unpaired) electrons. The fourth-order valence-electron chi connectivity index (χ4n) is 4.30. The van der Waals surface area contributed by atoms with E-state index in [1.165, 1.54) is 61.1 Å². The Morgan fingerprint density at radius 1 is 1.07 bits per heavy atom. The van der Waals surface area contributed by atoms with Crippen molar-refractivity contribution < 1.29 is 0 Å². The van der Waals surface area contributed by atoms with Gasteiger partial charge in [-0.25, -0.2) is 0 Å². The SMILES string of the molecule is CSc1ccc(NC2CCCCCCC2)c(-c2cn(C)c(=O)c3[nH]ccc23)c1. The number of fused-ring (bicyclic) bond motifs is 1. The lowest BCUT2D eigenvalue weighted by atomic mass is 9.95. The van der Waals surface area contributed by atoms with Crippen molar-refractivity contribution in [2.24, 2.45) is 7.05 Å². The third-order valence-corrected chi connectivity index (χ3v) is 6.60. The number of rotatable bonds is 4. The molecule has 2 N–H and O–H groups in total. The smallest absolute Gasteiger partial charge is 0.274 e. The van der Waals surface area contributed by atoms with E-state index in [2.05, 4.69) is 34.8 Å². The van der Waals surface area contributed by atoms with Crippen LogP contribution >= 0.6 is 11.8 Å². The van der Waals surface area contributed by atoms with Crippen LogP contribution in [-0.4, -0.2) is 21.8 Å². The first-order valence-corrected chi connectivity index (χ1v) is 11.5.